The summed E-state index contributed by atoms with van der Waals surface area (Å²) >= 11 is 1.94. The summed E-state index contributed by atoms with van der Waals surface area (Å²) in [6.45, 7) is 4.08. The van der Waals surface area contributed by atoms with Crippen molar-refractivity contribution < 1.29 is 13.9 Å². The zero-order valence-corrected chi connectivity index (χ0v) is 16.6. The molecule has 1 aromatic carbocycles. The smallest absolute Gasteiger partial charge is 0.289 e. The van der Waals surface area contributed by atoms with Gasteiger partial charge < -0.3 is 14.1 Å². The van der Waals surface area contributed by atoms with Crippen LogP contribution >= 0.6 is 11.8 Å². The molecule has 1 unspecified atom stereocenters. The van der Waals surface area contributed by atoms with Crippen LogP contribution < -0.4 is 0 Å². The van der Waals surface area contributed by atoms with E-state index in [0.29, 0.717) is 12.4 Å². The molecular formula is C22H22N2O3S. The van der Waals surface area contributed by atoms with Crippen molar-refractivity contribution in [3.05, 3.63) is 65.7 Å². The number of thioether (sulfide) groups is 1. The van der Waals surface area contributed by atoms with Crippen molar-refractivity contribution in [3.8, 4) is 0 Å². The van der Waals surface area contributed by atoms with Gasteiger partial charge in [-0.15, -0.1) is 11.8 Å². The molecule has 0 radical (unpaired) electrons. The average molecular weight is 394 g/mol. The van der Waals surface area contributed by atoms with Gasteiger partial charge in [0.2, 0.25) is 0 Å². The van der Waals surface area contributed by atoms with Gasteiger partial charge in [0.25, 0.3) is 5.91 Å². The molecule has 0 aliphatic carbocycles. The van der Waals surface area contributed by atoms with Crippen LogP contribution in [0.4, 0.5) is 0 Å². The lowest BCUT2D eigenvalue weighted by Gasteiger charge is -2.47. The van der Waals surface area contributed by atoms with E-state index < -0.39 is 0 Å². The average Bonchev–Trinajstić information content (AvgIpc) is 3.28. The Balaban J connectivity index is 1.20. The molecule has 5 nitrogen and oxygen atoms in total. The number of likely N-dealkylation sites (tertiary alicyclic amines) is 1. The zero-order valence-electron chi connectivity index (χ0n) is 15.8. The number of benzene rings is 1. The molecule has 4 heterocycles. The number of hydrogen-bond acceptors (Lipinski definition) is 5. The van der Waals surface area contributed by atoms with Crippen LogP contribution in [0.15, 0.2) is 53.2 Å². The van der Waals surface area contributed by atoms with Gasteiger partial charge in [-0.05, 0) is 31.0 Å². The molecule has 1 amide bonds. The number of pyridine rings is 1. The van der Waals surface area contributed by atoms with Crippen LogP contribution in [0.1, 0.15) is 28.1 Å². The van der Waals surface area contributed by atoms with Gasteiger partial charge in [0.15, 0.2) is 5.76 Å². The van der Waals surface area contributed by atoms with Crippen molar-refractivity contribution in [3.63, 3.8) is 0 Å². The van der Waals surface area contributed by atoms with Crippen LogP contribution in [-0.4, -0.2) is 45.5 Å². The molecule has 28 heavy (non-hydrogen) atoms. The number of amides is 1. The van der Waals surface area contributed by atoms with E-state index in [-0.39, 0.29) is 16.8 Å². The first-order chi connectivity index (χ1) is 13.6. The van der Waals surface area contributed by atoms with Crippen LogP contribution in [-0.2, 0) is 11.3 Å². The molecule has 5 rings (SSSR count). The minimum absolute atomic E-state index is 0.000321. The summed E-state index contributed by atoms with van der Waals surface area (Å²) in [6, 6.07) is 11.8. The highest BCUT2D eigenvalue weighted by Crippen LogP contribution is 2.46. The highest BCUT2D eigenvalue weighted by Gasteiger charge is 2.51. The standard InChI is InChI=1S/C22H22N2O3S/c1-15-18-6-2-3-7-19(18)27-20(15)21(25)24-13-22(14-24)9-17(12-28-22)26-11-16-5-4-8-23-10-16/h2-8,10,17H,9,11-14H2,1H3. The predicted octanol–water partition coefficient (Wildman–Crippen LogP) is 4.05. The first-order valence-corrected chi connectivity index (χ1v) is 10.5. The molecule has 1 spiro atoms. The first kappa shape index (κ1) is 17.8. The largest absolute Gasteiger partial charge is 0.451 e. The molecule has 0 saturated carbocycles. The van der Waals surface area contributed by atoms with Crippen molar-refractivity contribution in [1.82, 2.24) is 9.88 Å². The quantitative estimate of drug-likeness (QED) is 0.668. The SMILES string of the molecule is Cc1c(C(=O)N2CC3(CC(OCc4cccnc4)CS3)C2)oc2ccccc12. The molecular weight excluding hydrogens is 372 g/mol. The Labute approximate surface area is 168 Å². The summed E-state index contributed by atoms with van der Waals surface area (Å²) in [5.74, 6) is 1.45. The summed E-state index contributed by atoms with van der Waals surface area (Å²) in [5, 5.41) is 1.01. The minimum Gasteiger partial charge on any atom is -0.451 e. The highest BCUT2D eigenvalue weighted by atomic mass is 32.2. The van der Waals surface area contributed by atoms with Crippen molar-refractivity contribution in [2.75, 3.05) is 18.8 Å². The fourth-order valence-electron chi connectivity index (χ4n) is 4.14. The maximum Gasteiger partial charge on any atom is 0.289 e. The Hall–Kier alpha value is -2.31. The van der Waals surface area contributed by atoms with Gasteiger partial charge in [0, 0.05) is 42.2 Å². The lowest BCUT2D eigenvalue weighted by molar-refractivity contribution is 0.0243. The van der Waals surface area contributed by atoms with Gasteiger partial charge >= 0.3 is 0 Å². The van der Waals surface area contributed by atoms with Crippen molar-refractivity contribution >= 4 is 28.6 Å². The number of carbonyl (C=O) groups excluding carboxylic acids is 1. The Morgan fingerprint density at radius 2 is 2.18 bits per heavy atom. The van der Waals surface area contributed by atoms with Crippen LogP contribution in [0.25, 0.3) is 11.0 Å². The number of hydrogen-bond donors (Lipinski definition) is 0. The van der Waals surface area contributed by atoms with E-state index in [4.69, 9.17) is 9.15 Å². The third-order valence-corrected chi connectivity index (χ3v) is 7.24. The number of furan rings is 1. The topological polar surface area (TPSA) is 55.6 Å². The number of nitrogens with zero attached hydrogens (tertiary/aromatic N) is 2. The van der Waals surface area contributed by atoms with Crippen molar-refractivity contribution in [1.29, 1.82) is 0 Å². The Kier molecular flexibility index (Phi) is 4.40. The second-order valence-electron chi connectivity index (χ2n) is 7.71. The second-order valence-corrected chi connectivity index (χ2v) is 9.19. The molecule has 144 valence electrons. The predicted molar refractivity (Wildman–Crippen MR) is 109 cm³/mol. The van der Waals surface area contributed by atoms with E-state index in [1.807, 2.05) is 66.2 Å². The molecule has 6 heteroatoms. The number of ether oxygens (including phenoxy) is 1. The molecule has 0 bridgehead atoms. The summed E-state index contributed by atoms with van der Waals surface area (Å²) in [4.78, 5) is 19.0. The fraction of sp³-hybridized carbons (Fsp3) is 0.364. The summed E-state index contributed by atoms with van der Waals surface area (Å²) in [7, 11) is 0. The van der Waals surface area contributed by atoms with Gasteiger partial charge in [-0.2, -0.15) is 0 Å². The molecule has 2 fully saturated rings. The molecule has 0 N–H and O–H groups in total. The number of para-hydroxylation sites is 1. The summed E-state index contributed by atoms with van der Waals surface area (Å²) in [6.07, 6.45) is 4.83. The van der Waals surface area contributed by atoms with Crippen LogP contribution in [0.2, 0.25) is 0 Å². The van der Waals surface area contributed by atoms with E-state index in [0.717, 1.165) is 47.4 Å². The third kappa shape index (κ3) is 3.10. The fourth-order valence-corrected chi connectivity index (χ4v) is 5.69. The summed E-state index contributed by atoms with van der Waals surface area (Å²) in [5.41, 5.74) is 2.80. The van der Waals surface area contributed by atoms with Crippen molar-refractivity contribution in [2.24, 2.45) is 0 Å². The van der Waals surface area contributed by atoms with Gasteiger partial charge in [0.1, 0.15) is 5.58 Å². The Morgan fingerprint density at radius 3 is 2.96 bits per heavy atom. The van der Waals surface area contributed by atoms with Crippen LogP contribution in [0.3, 0.4) is 0 Å². The van der Waals surface area contributed by atoms with Crippen molar-refractivity contribution in [2.45, 2.75) is 30.8 Å². The van der Waals surface area contributed by atoms with E-state index in [1.165, 1.54) is 0 Å². The second kappa shape index (κ2) is 6.94. The monoisotopic (exact) mass is 394 g/mol. The lowest BCUT2D eigenvalue weighted by Crippen LogP contribution is -2.60. The van der Waals surface area contributed by atoms with E-state index >= 15 is 0 Å². The van der Waals surface area contributed by atoms with E-state index in [9.17, 15) is 4.79 Å². The lowest BCUT2D eigenvalue weighted by atomic mass is 9.92. The first-order valence-electron chi connectivity index (χ1n) is 9.55. The summed E-state index contributed by atoms with van der Waals surface area (Å²) < 4.78 is 12.1. The number of fused-ring (bicyclic) bond motifs is 1. The number of carbonyl (C=O) groups is 1. The molecule has 1 atom stereocenters. The van der Waals surface area contributed by atoms with E-state index in [1.54, 1.807) is 6.20 Å². The van der Waals surface area contributed by atoms with Crippen LogP contribution in [0, 0.1) is 6.92 Å². The maximum absolute atomic E-state index is 12.9. The molecule has 2 aliphatic rings. The maximum atomic E-state index is 12.9. The third-order valence-electron chi connectivity index (χ3n) is 5.67. The molecule has 3 aromatic rings. The Bertz CT molecular complexity index is 1010. The molecule has 2 aliphatic heterocycles. The molecule has 2 aromatic heterocycles. The van der Waals surface area contributed by atoms with Gasteiger partial charge in [-0.25, -0.2) is 0 Å². The highest BCUT2D eigenvalue weighted by molar-refractivity contribution is 8.01. The number of rotatable bonds is 4. The van der Waals surface area contributed by atoms with Gasteiger partial charge in [-0.3, -0.25) is 9.78 Å². The molecule has 2 saturated heterocycles. The number of aryl methyl sites for hydroxylation is 1. The van der Waals surface area contributed by atoms with Gasteiger partial charge in [-0.1, -0.05) is 24.3 Å². The zero-order chi connectivity index (χ0) is 19.1. The number of aromatic nitrogens is 1. The normalized spacial score (nSPS) is 20.6. The minimum atomic E-state index is -0.000321. The van der Waals surface area contributed by atoms with Gasteiger partial charge in [0.05, 0.1) is 17.5 Å². The van der Waals surface area contributed by atoms with Crippen LogP contribution in [0.5, 0.6) is 0 Å². The Morgan fingerprint density at radius 1 is 1.32 bits per heavy atom. The van der Waals surface area contributed by atoms with E-state index in [2.05, 4.69) is 4.98 Å².